The first-order valence-corrected chi connectivity index (χ1v) is 8.64. The molecule has 1 N–H and O–H groups in total. The number of carboxylic acid groups (broad SMARTS) is 1. The highest BCUT2D eigenvalue weighted by Gasteiger charge is 2.46. The lowest BCUT2D eigenvalue weighted by molar-refractivity contribution is -0.139. The topological polar surface area (TPSA) is 46.5 Å². The largest absolute Gasteiger partial charge is 0.493 e. The third-order valence-electron chi connectivity index (χ3n) is 4.84. The molecule has 1 aliphatic carbocycles. The Bertz CT molecular complexity index is 583. The highest BCUT2D eigenvalue weighted by Crippen LogP contribution is 2.46. The summed E-state index contributed by atoms with van der Waals surface area (Å²) in [5.74, 6) is 0.884. The van der Waals surface area contributed by atoms with Crippen LogP contribution in [0.4, 0.5) is 0 Å². The summed E-state index contributed by atoms with van der Waals surface area (Å²) in [5.41, 5.74) is 3.73. The lowest BCUT2D eigenvalue weighted by Gasteiger charge is -2.26. The number of benzene rings is 1. The molecule has 1 saturated carbocycles. The van der Waals surface area contributed by atoms with E-state index in [1.165, 1.54) is 16.7 Å². The van der Waals surface area contributed by atoms with Gasteiger partial charge < -0.3 is 9.84 Å². The number of aliphatic carboxylic acids is 1. The molecule has 2 rings (SSSR count). The Morgan fingerprint density at radius 1 is 1.39 bits per heavy atom. The number of ether oxygens (including phenoxy) is 1. The van der Waals surface area contributed by atoms with Gasteiger partial charge in [0.15, 0.2) is 0 Å². The number of rotatable bonds is 6. The van der Waals surface area contributed by atoms with Crippen LogP contribution in [0.15, 0.2) is 12.1 Å². The van der Waals surface area contributed by atoms with E-state index in [0.717, 1.165) is 18.6 Å². The van der Waals surface area contributed by atoms with Crippen molar-refractivity contribution in [3.05, 3.63) is 28.8 Å². The third kappa shape index (κ3) is 4.07. The second-order valence-electron chi connectivity index (χ2n) is 8.01. The molecule has 0 aromatic heterocycles. The van der Waals surface area contributed by atoms with Crippen molar-refractivity contribution in [2.24, 2.45) is 17.8 Å². The molecule has 3 unspecified atom stereocenters. The van der Waals surface area contributed by atoms with Crippen LogP contribution in [0.25, 0.3) is 0 Å². The minimum absolute atomic E-state index is 0.0255. The van der Waals surface area contributed by atoms with E-state index >= 15 is 0 Å². The quantitative estimate of drug-likeness (QED) is 0.834. The van der Waals surface area contributed by atoms with Crippen LogP contribution in [0.1, 0.15) is 57.7 Å². The maximum absolute atomic E-state index is 11.1. The predicted molar refractivity (Wildman–Crippen MR) is 93.1 cm³/mol. The Balaban J connectivity index is 2.30. The fourth-order valence-corrected chi connectivity index (χ4v) is 3.50. The van der Waals surface area contributed by atoms with Gasteiger partial charge in [0.1, 0.15) is 5.75 Å². The van der Waals surface area contributed by atoms with Gasteiger partial charge in [-0.3, -0.25) is 4.79 Å². The SMILES string of the molecule is CCOc1c(CC(C)C2CC2C(=O)O)cc(C)cc1C(C)(C)C. The van der Waals surface area contributed by atoms with Crippen LogP contribution < -0.4 is 4.74 Å². The Hall–Kier alpha value is -1.51. The van der Waals surface area contributed by atoms with Crippen LogP contribution in [-0.4, -0.2) is 17.7 Å². The summed E-state index contributed by atoms with van der Waals surface area (Å²) in [4.78, 5) is 11.1. The second-order valence-corrected chi connectivity index (χ2v) is 8.01. The average Bonchev–Trinajstić information content (AvgIpc) is 3.20. The van der Waals surface area contributed by atoms with Crippen molar-refractivity contribution < 1.29 is 14.6 Å². The van der Waals surface area contributed by atoms with E-state index in [1.54, 1.807) is 0 Å². The number of carbonyl (C=O) groups is 1. The van der Waals surface area contributed by atoms with Gasteiger partial charge in [0, 0.05) is 5.56 Å². The van der Waals surface area contributed by atoms with Crippen LogP contribution in [0.2, 0.25) is 0 Å². The molecule has 3 nitrogen and oxygen atoms in total. The van der Waals surface area contributed by atoms with Crippen LogP contribution >= 0.6 is 0 Å². The molecule has 0 amide bonds. The normalized spacial score (nSPS) is 21.8. The smallest absolute Gasteiger partial charge is 0.306 e. The molecule has 1 aromatic rings. The zero-order valence-electron chi connectivity index (χ0n) is 15.3. The highest BCUT2D eigenvalue weighted by atomic mass is 16.5. The summed E-state index contributed by atoms with van der Waals surface area (Å²) in [7, 11) is 0. The fraction of sp³-hybridized carbons (Fsp3) is 0.650. The molecule has 1 fully saturated rings. The summed E-state index contributed by atoms with van der Waals surface area (Å²) in [6.45, 7) is 13.6. The summed E-state index contributed by atoms with van der Waals surface area (Å²) in [6.07, 6.45) is 1.70. The molecular weight excluding hydrogens is 288 g/mol. The zero-order valence-corrected chi connectivity index (χ0v) is 15.3. The number of hydrogen-bond acceptors (Lipinski definition) is 2. The van der Waals surface area contributed by atoms with Crippen molar-refractivity contribution >= 4 is 5.97 Å². The van der Waals surface area contributed by atoms with Gasteiger partial charge in [-0.25, -0.2) is 0 Å². The van der Waals surface area contributed by atoms with Gasteiger partial charge in [0.25, 0.3) is 0 Å². The molecule has 1 aliphatic rings. The van der Waals surface area contributed by atoms with E-state index in [9.17, 15) is 4.79 Å². The van der Waals surface area contributed by atoms with Crippen molar-refractivity contribution in [2.75, 3.05) is 6.61 Å². The summed E-state index contributed by atoms with van der Waals surface area (Å²) in [6, 6.07) is 4.42. The summed E-state index contributed by atoms with van der Waals surface area (Å²) >= 11 is 0. The summed E-state index contributed by atoms with van der Waals surface area (Å²) < 4.78 is 6.01. The minimum Gasteiger partial charge on any atom is -0.493 e. The van der Waals surface area contributed by atoms with Gasteiger partial charge >= 0.3 is 5.97 Å². The lowest BCUT2D eigenvalue weighted by atomic mass is 9.82. The van der Waals surface area contributed by atoms with E-state index in [1.807, 2.05) is 6.92 Å². The van der Waals surface area contributed by atoms with Gasteiger partial charge in [0.2, 0.25) is 0 Å². The monoisotopic (exact) mass is 318 g/mol. The molecule has 0 radical (unpaired) electrons. The molecular formula is C20H30O3. The van der Waals surface area contributed by atoms with Gasteiger partial charge in [-0.15, -0.1) is 0 Å². The van der Waals surface area contributed by atoms with E-state index in [-0.39, 0.29) is 11.3 Å². The molecule has 1 aromatic carbocycles. The first-order chi connectivity index (χ1) is 10.6. The van der Waals surface area contributed by atoms with Crippen LogP contribution in [0.3, 0.4) is 0 Å². The third-order valence-corrected chi connectivity index (χ3v) is 4.84. The van der Waals surface area contributed by atoms with Crippen molar-refractivity contribution in [3.63, 3.8) is 0 Å². The maximum atomic E-state index is 11.1. The first-order valence-electron chi connectivity index (χ1n) is 8.64. The molecule has 3 heteroatoms. The Morgan fingerprint density at radius 2 is 2.04 bits per heavy atom. The predicted octanol–water partition coefficient (Wildman–Crippen LogP) is 4.59. The molecule has 3 atom stereocenters. The number of carboxylic acids is 1. The molecule has 23 heavy (non-hydrogen) atoms. The number of aryl methyl sites for hydroxylation is 1. The first kappa shape index (κ1) is 17.8. The Kier molecular flexibility index (Phi) is 5.07. The van der Waals surface area contributed by atoms with Crippen molar-refractivity contribution in [3.8, 4) is 5.75 Å². The standard InChI is InChI=1S/C20H30O3/c1-7-23-18-14(8-12(2)9-17(18)20(4,5)6)10-13(3)15-11-16(15)19(21)22/h8-9,13,15-16H,7,10-11H2,1-6H3,(H,21,22). The van der Waals surface area contributed by atoms with Crippen LogP contribution in [0, 0.1) is 24.7 Å². The average molecular weight is 318 g/mol. The molecule has 0 bridgehead atoms. The highest BCUT2D eigenvalue weighted by molar-refractivity contribution is 5.73. The van der Waals surface area contributed by atoms with E-state index in [4.69, 9.17) is 9.84 Å². The van der Waals surface area contributed by atoms with Crippen LogP contribution in [-0.2, 0) is 16.6 Å². The van der Waals surface area contributed by atoms with Crippen molar-refractivity contribution in [2.45, 2.75) is 59.8 Å². The summed E-state index contributed by atoms with van der Waals surface area (Å²) in [5, 5.41) is 9.15. The minimum atomic E-state index is -0.647. The van der Waals surface area contributed by atoms with Gasteiger partial charge in [0.05, 0.1) is 12.5 Å². The van der Waals surface area contributed by atoms with E-state index < -0.39 is 5.97 Å². The number of hydrogen-bond donors (Lipinski definition) is 1. The van der Waals surface area contributed by atoms with Gasteiger partial charge in [-0.05, 0) is 49.5 Å². The van der Waals surface area contributed by atoms with Crippen LogP contribution in [0.5, 0.6) is 5.75 Å². The molecule has 0 spiro atoms. The second kappa shape index (κ2) is 6.54. The molecule has 0 aliphatic heterocycles. The Labute approximate surface area is 140 Å². The van der Waals surface area contributed by atoms with E-state index in [2.05, 4.69) is 46.8 Å². The van der Waals surface area contributed by atoms with Gasteiger partial charge in [-0.1, -0.05) is 45.4 Å². The zero-order chi connectivity index (χ0) is 17.4. The van der Waals surface area contributed by atoms with Gasteiger partial charge in [-0.2, -0.15) is 0 Å². The Morgan fingerprint density at radius 3 is 2.52 bits per heavy atom. The fourth-order valence-electron chi connectivity index (χ4n) is 3.50. The lowest BCUT2D eigenvalue weighted by Crippen LogP contribution is -2.16. The maximum Gasteiger partial charge on any atom is 0.306 e. The van der Waals surface area contributed by atoms with Crippen molar-refractivity contribution in [1.82, 2.24) is 0 Å². The molecule has 128 valence electrons. The molecule has 0 saturated heterocycles. The molecule has 0 heterocycles. The van der Waals surface area contributed by atoms with E-state index in [0.29, 0.717) is 18.4 Å². The van der Waals surface area contributed by atoms with Crippen molar-refractivity contribution in [1.29, 1.82) is 0 Å².